The van der Waals surface area contributed by atoms with Crippen molar-refractivity contribution >= 4 is 11.9 Å². The van der Waals surface area contributed by atoms with Gasteiger partial charge in [-0.3, -0.25) is 4.79 Å². The first kappa shape index (κ1) is 16.4. The second kappa shape index (κ2) is 8.47. The number of carbonyl (C=O) groups excluding carboxylic acids is 2. The molecule has 5 heteroatoms. The van der Waals surface area contributed by atoms with Crippen LogP contribution in [0.1, 0.15) is 26.2 Å². The molecule has 0 aliphatic heterocycles. The van der Waals surface area contributed by atoms with Crippen molar-refractivity contribution in [2.24, 2.45) is 0 Å². The predicted molar refractivity (Wildman–Crippen MR) is 66.8 cm³/mol. The van der Waals surface area contributed by atoms with Crippen molar-refractivity contribution in [2.75, 3.05) is 7.11 Å². The SMILES string of the molecule is C=CC(CCC(=C)C)OC(=O)C[C@H](O)C(=O)OC. The Kier molecular flexibility index (Phi) is 7.71. The van der Waals surface area contributed by atoms with Gasteiger partial charge in [0.2, 0.25) is 0 Å². The van der Waals surface area contributed by atoms with Crippen molar-refractivity contribution in [3.8, 4) is 0 Å². The maximum atomic E-state index is 11.4. The molecule has 2 atom stereocenters. The van der Waals surface area contributed by atoms with E-state index < -0.39 is 30.6 Å². The molecule has 0 saturated heterocycles. The lowest BCUT2D eigenvalue weighted by Gasteiger charge is -2.15. The van der Waals surface area contributed by atoms with E-state index in [9.17, 15) is 14.7 Å². The maximum absolute atomic E-state index is 11.4. The van der Waals surface area contributed by atoms with E-state index in [0.29, 0.717) is 12.8 Å². The number of methoxy groups -OCH3 is 1. The zero-order valence-corrected chi connectivity index (χ0v) is 10.8. The molecule has 0 aliphatic rings. The Balaban J connectivity index is 4.15. The van der Waals surface area contributed by atoms with Crippen LogP contribution in [0.3, 0.4) is 0 Å². The van der Waals surface area contributed by atoms with E-state index in [4.69, 9.17) is 4.74 Å². The van der Waals surface area contributed by atoms with Crippen LogP contribution in [0.2, 0.25) is 0 Å². The summed E-state index contributed by atoms with van der Waals surface area (Å²) in [6.45, 7) is 9.19. The number of ether oxygens (including phenoxy) is 2. The van der Waals surface area contributed by atoms with E-state index in [-0.39, 0.29) is 0 Å². The van der Waals surface area contributed by atoms with E-state index >= 15 is 0 Å². The van der Waals surface area contributed by atoms with Gasteiger partial charge in [0.15, 0.2) is 6.10 Å². The van der Waals surface area contributed by atoms with Crippen LogP contribution in [0.15, 0.2) is 24.8 Å². The fraction of sp³-hybridized carbons (Fsp3) is 0.538. The second-order valence-electron chi connectivity index (χ2n) is 4.00. The highest BCUT2D eigenvalue weighted by atomic mass is 16.6. The lowest BCUT2D eigenvalue weighted by molar-refractivity contribution is -0.159. The van der Waals surface area contributed by atoms with Crippen LogP contribution in [0.4, 0.5) is 0 Å². The van der Waals surface area contributed by atoms with Crippen LogP contribution in [0.5, 0.6) is 0 Å². The van der Waals surface area contributed by atoms with Gasteiger partial charge in [-0.15, -0.1) is 6.58 Å². The summed E-state index contributed by atoms with van der Waals surface area (Å²) in [6, 6.07) is 0. The number of allylic oxidation sites excluding steroid dienone is 1. The standard InChI is InChI=1S/C13H20O5/c1-5-10(7-6-9(2)3)18-12(15)8-11(14)13(16)17-4/h5,10-11,14H,1-2,6-8H2,3-4H3/t10?,11-/m0/s1. The van der Waals surface area contributed by atoms with Crippen LogP contribution >= 0.6 is 0 Å². The summed E-state index contributed by atoms with van der Waals surface area (Å²) in [5.74, 6) is -1.52. The lowest BCUT2D eigenvalue weighted by atomic mass is 10.1. The molecule has 1 N–H and O–H groups in total. The van der Waals surface area contributed by atoms with Crippen molar-refractivity contribution in [3.05, 3.63) is 24.8 Å². The van der Waals surface area contributed by atoms with Gasteiger partial charge in [-0.2, -0.15) is 0 Å². The molecule has 0 bridgehead atoms. The third kappa shape index (κ3) is 6.85. The van der Waals surface area contributed by atoms with Gasteiger partial charge in [0.05, 0.1) is 13.5 Å². The van der Waals surface area contributed by atoms with E-state index in [1.165, 1.54) is 6.08 Å². The quantitative estimate of drug-likeness (QED) is 0.524. The van der Waals surface area contributed by atoms with Gasteiger partial charge in [0.25, 0.3) is 0 Å². The van der Waals surface area contributed by atoms with Crippen molar-refractivity contribution in [2.45, 2.75) is 38.4 Å². The summed E-state index contributed by atoms with van der Waals surface area (Å²) in [7, 11) is 1.14. The van der Waals surface area contributed by atoms with Crippen molar-refractivity contribution < 1.29 is 24.2 Å². The van der Waals surface area contributed by atoms with Crippen LogP contribution in [-0.4, -0.2) is 36.4 Å². The second-order valence-corrected chi connectivity index (χ2v) is 4.00. The van der Waals surface area contributed by atoms with Gasteiger partial charge in [0, 0.05) is 0 Å². The van der Waals surface area contributed by atoms with E-state index in [1.807, 2.05) is 6.92 Å². The van der Waals surface area contributed by atoms with Crippen molar-refractivity contribution in [1.82, 2.24) is 0 Å². The number of aliphatic hydroxyl groups excluding tert-OH is 1. The molecule has 0 amide bonds. The zero-order valence-electron chi connectivity index (χ0n) is 10.8. The summed E-state index contributed by atoms with van der Waals surface area (Å²) in [5, 5.41) is 9.28. The van der Waals surface area contributed by atoms with Gasteiger partial charge in [-0.05, 0) is 19.8 Å². The number of carbonyl (C=O) groups is 2. The largest absolute Gasteiger partial charge is 0.467 e. The average Bonchev–Trinajstić information content (AvgIpc) is 2.32. The van der Waals surface area contributed by atoms with Crippen molar-refractivity contribution in [1.29, 1.82) is 0 Å². The molecule has 1 unspecified atom stereocenters. The number of rotatable bonds is 8. The summed E-state index contributed by atoms with van der Waals surface area (Å²) < 4.78 is 9.34. The Morgan fingerprint density at radius 1 is 1.44 bits per heavy atom. The fourth-order valence-corrected chi connectivity index (χ4v) is 1.21. The average molecular weight is 256 g/mol. The first-order chi connectivity index (χ1) is 8.40. The van der Waals surface area contributed by atoms with Crippen LogP contribution in [0.25, 0.3) is 0 Å². The molecule has 0 fully saturated rings. The molecule has 0 aromatic heterocycles. The minimum absolute atomic E-state index is 0.427. The predicted octanol–water partition coefficient (Wildman–Crippen LogP) is 1.36. The molecule has 0 saturated carbocycles. The first-order valence-electron chi connectivity index (χ1n) is 5.63. The molecule has 0 aromatic carbocycles. The van der Waals surface area contributed by atoms with Gasteiger partial charge in [0.1, 0.15) is 6.10 Å². The van der Waals surface area contributed by atoms with E-state index in [1.54, 1.807) is 0 Å². The molecule has 0 radical (unpaired) electrons. The van der Waals surface area contributed by atoms with Crippen LogP contribution in [0, 0.1) is 0 Å². The highest BCUT2D eigenvalue weighted by Gasteiger charge is 2.21. The summed E-state index contributed by atoms with van der Waals surface area (Å²) in [5.41, 5.74) is 0.979. The highest BCUT2D eigenvalue weighted by molar-refractivity contribution is 5.81. The Bertz CT molecular complexity index is 321. The van der Waals surface area contributed by atoms with Crippen molar-refractivity contribution in [3.63, 3.8) is 0 Å². The number of esters is 2. The Hall–Kier alpha value is -1.62. The first-order valence-corrected chi connectivity index (χ1v) is 5.63. The molecule has 18 heavy (non-hydrogen) atoms. The minimum Gasteiger partial charge on any atom is -0.467 e. The Morgan fingerprint density at radius 2 is 2.06 bits per heavy atom. The molecule has 0 aliphatic carbocycles. The van der Waals surface area contributed by atoms with Gasteiger partial charge >= 0.3 is 11.9 Å². The van der Waals surface area contributed by atoms with Gasteiger partial charge < -0.3 is 14.6 Å². The van der Waals surface area contributed by atoms with Gasteiger partial charge in [-0.25, -0.2) is 4.79 Å². The third-order valence-electron chi connectivity index (χ3n) is 2.23. The zero-order chi connectivity index (χ0) is 14.1. The Morgan fingerprint density at radius 3 is 2.50 bits per heavy atom. The number of aliphatic hydroxyl groups is 1. The smallest absolute Gasteiger partial charge is 0.335 e. The summed E-state index contributed by atoms with van der Waals surface area (Å²) >= 11 is 0. The number of hydrogen-bond donors (Lipinski definition) is 1. The monoisotopic (exact) mass is 256 g/mol. The molecule has 0 heterocycles. The molecular weight excluding hydrogens is 236 g/mol. The third-order valence-corrected chi connectivity index (χ3v) is 2.23. The number of hydrogen-bond acceptors (Lipinski definition) is 5. The van der Waals surface area contributed by atoms with Crippen LogP contribution in [-0.2, 0) is 19.1 Å². The van der Waals surface area contributed by atoms with Gasteiger partial charge in [-0.1, -0.05) is 18.2 Å². The topological polar surface area (TPSA) is 72.8 Å². The Labute approximate surface area is 107 Å². The highest BCUT2D eigenvalue weighted by Crippen LogP contribution is 2.10. The minimum atomic E-state index is -1.49. The summed E-state index contributed by atoms with van der Waals surface area (Å²) in [4.78, 5) is 22.3. The molecule has 102 valence electrons. The maximum Gasteiger partial charge on any atom is 0.335 e. The molecule has 5 nitrogen and oxygen atoms in total. The lowest BCUT2D eigenvalue weighted by Crippen LogP contribution is -2.27. The normalized spacial score (nSPS) is 13.3. The van der Waals surface area contributed by atoms with E-state index in [2.05, 4.69) is 17.9 Å². The molecule has 0 spiro atoms. The van der Waals surface area contributed by atoms with E-state index in [0.717, 1.165) is 12.7 Å². The fourth-order valence-electron chi connectivity index (χ4n) is 1.21. The molecule has 0 aromatic rings. The summed E-state index contributed by atoms with van der Waals surface area (Å²) in [6.07, 6.45) is 0.436. The molecular formula is C13H20O5. The molecule has 0 rings (SSSR count). The van der Waals surface area contributed by atoms with Crippen LogP contribution < -0.4 is 0 Å².